The Morgan fingerprint density at radius 1 is 1.35 bits per heavy atom. The molecular weight excluding hydrogens is 292 g/mol. The van der Waals surface area contributed by atoms with Gasteiger partial charge in [0.1, 0.15) is 0 Å². The zero-order chi connectivity index (χ0) is 14.6. The first-order valence-corrected chi connectivity index (χ1v) is 9.62. The molecule has 112 valence electrons. The fraction of sp³-hybridized carbons (Fsp3) is 0.571. The zero-order valence-electron chi connectivity index (χ0n) is 11.8. The van der Waals surface area contributed by atoms with Gasteiger partial charge >= 0.3 is 0 Å². The molecule has 20 heavy (non-hydrogen) atoms. The number of hydrogen-bond acceptors (Lipinski definition) is 4. The highest BCUT2D eigenvalue weighted by atomic mass is 32.2. The Hall–Kier alpha value is -0.720. The molecule has 3 N–H and O–H groups in total. The number of nitrogens with one attached hydrogen (secondary N) is 1. The van der Waals surface area contributed by atoms with Crippen molar-refractivity contribution in [3.05, 3.63) is 23.8 Å². The van der Waals surface area contributed by atoms with Gasteiger partial charge < -0.3 is 5.73 Å². The van der Waals surface area contributed by atoms with Crippen LogP contribution >= 0.6 is 11.8 Å². The molecule has 4 nitrogen and oxygen atoms in total. The van der Waals surface area contributed by atoms with Crippen molar-refractivity contribution in [2.75, 3.05) is 23.8 Å². The van der Waals surface area contributed by atoms with Crippen LogP contribution in [0.1, 0.15) is 25.3 Å². The molecule has 0 radical (unpaired) electrons. The van der Waals surface area contributed by atoms with Crippen molar-refractivity contribution in [3.8, 4) is 0 Å². The predicted molar refractivity (Wildman–Crippen MR) is 85.5 cm³/mol. The third kappa shape index (κ3) is 3.90. The highest BCUT2D eigenvalue weighted by Gasteiger charge is 2.21. The maximum absolute atomic E-state index is 12.4. The molecule has 0 spiro atoms. The Morgan fingerprint density at radius 2 is 2.05 bits per heavy atom. The van der Waals surface area contributed by atoms with E-state index in [0.29, 0.717) is 29.5 Å². The van der Waals surface area contributed by atoms with Crippen molar-refractivity contribution in [1.82, 2.24) is 4.72 Å². The van der Waals surface area contributed by atoms with Gasteiger partial charge in [-0.05, 0) is 54.4 Å². The second-order valence-corrected chi connectivity index (χ2v) is 8.09. The number of anilines is 1. The van der Waals surface area contributed by atoms with Crippen molar-refractivity contribution in [1.29, 1.82) is 0 Å². The lowest BCUT2D eigenvalue weighted by atomic mass is 10.0. The summed E-state index contributed by atoms with van der Waals surface area (Å²) in [6, 6.07) is 5.09. The summed E-state index contributed by atoms with van der Waals surface area (Å²) in [4.78, 5) is 0.324. The summed E-state index contributed by atoms with van der Waals surface area (Å²) in [5.41, 5.74) is 7.02. The van der Waals surface area contributed by atoms with Gasteiger partial charge in [0.2, 0.25) is 10.0 Å². The van der Waals surface area contributed by atoms with Crippen molar-refractivity contribution < 1.29 is 8.42 Å². The molecule has 0 unspecified atom stereocenters. The predicted octanol–water partition coefficient (Wildman–Crippen LogP) is 2.25. The van der Waals surface area contributed by atoms with E-state index in [1.165, 1.54) is 0 Å². The number of rotatable bonds is 5. The Balaban J connectivity index is 2.11. The fourth-order valence-corrected chi connectivity index (χ4v) is 5.03. The summed E-state index contributed by atoms with van der Waals surface area (Å²) in [5.74, 6) is 2.72. The minimum atomic E-state index is -3.46. The minimum Gasteiger partial charge on any atom is -0.399 e. The van der Waals surface area contributed by atoms with Gasteiger partial charge in [-0.15, -0.1) is 0 Å². The third-order valence-electron chi connectivity index (χ3n) is 3.66. The molecule has 0 aromatic heterocycles. The van der Waals surface area contributed by atoms with Crippen molar-refractivity contribution in [2.45, 2.75) is 31.1 Å². The number of sulfonamides is 1. The van der Waals surface area contributed by atoms with E-state index in [-0.39, 0.29) is 0 Å². The number of benzene rings is 1. The summed E-state index contributed by atoms with van der Waals surface area (Å²) in [6.07, 6.45) is 2.85. The number of thioether (sulfide) groups is 1. The minimum absolute atomic E-state index is 0.324. The molecular formula is C14H22N2O2S2. The molecule has 0 atom stereocenters. The molecule has 0 amide bonds. The molecule has 0 bridgehead atoms. The largest absolute Gasteiger partial charge is 0.399 e. The van der Waals surface area contributed by atoms with E-state index in [1.807, 2.05) is 18.7 Å². The number of hydrogen-bond donors (Lipinski definition) is 2. The zero-order valence-corrected chi connectivity index (χ0v) is 13.4. The summed E-state index contributed by atoms with van der Waals surface area (Å²) >= 11 is 1.94. The van der Waals surface area contributed by atoms with Crippen LogP contribution in [0.4, 0.5) is 5.69 Å². The Bertz CT molecular complexity index is 552. The van der Waals surface area contributed by atoms with Crippen LogP contribution in [0.25, 0.3) is 0 Å². The lowest BCUT2D eigenvalue weighted by Gasteiger charge is -2.21. The molecule has 1 aliphatic rings. The fourth-order valence-electron chi connectivity index (χ4n) is 2.37. The van der Waals surface area contributed by atoms with E-state index in [4.69, 9.17) is 5.73 Å². The highest BCUT2D eigenvalue weighted by Crippen LogP contribution is 2.23. The SMILES string of the molecule is CCc1ccc(N)cc1S(=O)(=O)NCC1CCSCC1. The van der Waals surface area contributed by atoms with Gasteiger partial charge in [-0.3, -0.25) is 0 Å². The van der Waals surface area contributed by atoms with Gasteiger partial charge in [-0.1, -0.05) is 13.0 Å². The molecule has 1 aromatic rings. The topological polar surface area (TPSA) is 72.2 Å². The van der Waals surface area contributed by atoms with Crippen LogP contribution in [-0.2, 0) is 16.4 Å². The van der Waals surface area contributed by atoms with Crippen LogP contribution in [0.2, 0.25) is 0 Å². The van der Waals surface area contributed by atoms with Gasteiger partial charge in [0.25, 0.3) is 0 Å². The summed E-state index contributed by atoms with van der Waals surface area (Å²) in [6.45, 7) is 2.48. The maximum atomic E-state index is 12.4. The highest BCUT2D eigenvalue weighted by molar-refractivity contribution is 7.99. The van der Waals surface area contributed by atoms with E-state index in [9.17, 15) is 8.42 Å². The average molecular weight is 314 g/mol. The Kier molecular flexibility index (Phi) is 5.35. The van der Waals surface area contributed by atoms with Gasteiger partial charge in [0.05, 0.1) is 4.90 Å². The molecule has 0 saturated carbocycles. The summed E-state index contributed by atoms with van der Waals surface area (Å²) < 4.78 is 27.6. The molecule has 1 saturated heterocycles. The standard InChI is InChI=1S/C14H22N2O2S2/c1-2-12-3-4-13(15)9-14(12)20(17,18)16-10-11-5-7-19-8-6-11/h3-4,9,11,16H,2,5-8,10,15H2,1H3. The molecule has 0 aliphatic carbocycles. The monoisotopic (exact) mass is 314 g/mol. The Labute approximate surface area is 125 Å². The quantitative estimate of drug-likeness (QED) is 0.818. The first-order valence-electron chi connectivity index (χ1n) is 6.98. The number of nitrogens with two attached hydrogens (primary N) is 1. The molecule has 1 fully saturated rings. The Morgan fingerprint density at radius 3 is 2.70 bits per heavy atom. The van der Waals surface area contributed by atoms with Crippen LogP contribution in [0.5, 0.6) is 0 Å². The first-order chi connectivity index (χ1) is 9.53. The van der Waals surface area contributed by atoms with Gasteiger partial charge in [-0.25, -0.2) is 13.1 Å². The lowest BCUT2D eigenvalue weighted by Crippen LogP contribution is -2.31. The van der Waals surface area contributed by atoms with Crippen LogP contribution < -0.4 is 10.5 Å². The first kappa shape index (κ1) is 15.7. The maximum Gasteiger partial charge on any atom is 0.240 e. The van der Waals surface area contributed by atoms with E-state index in [1.54, 1.807) is 18.2 Å². The molecule has 1 aliphatic heterocycles. The third-order valence-corrected chi connectivity index (χ3v) is 6.22. The van der Waals surface area contributed by atoms with Crippen LogP contribution in [0.15, 0.2) is 23.1 Å². The van der Waals surface area contributed by atoms with Gasteiger partial charge in [0, 0.05) is 12.2 Å². The van der Waals surface area contributed by atoms with Crippen molar-refractivity contribution in [2.24, 2.45) is 5.92 Å². The van der Waals surface area contributed by atoms with Crippen molar-refractivity contribution >= 4 is 27.5 Å². The van der Waals surface area contributed by atoms with E-state index in [2.05, 4.69) is 4.72 Å². The molecule has 1 aromatic carbocycles. The molecule has 6 heteroatoms. The van der Waals surface area contributed by atoms with Gasteiger partial charge in [0.15, 0.2) is 0 Å². The average Bonchev–Trinajstić information content (AvgIpc) is 2.46. The second-order valence-electron chi connectivity index (χ2n) is 5.13. The van der Waals surface area contributed by atoms with E-state index < -0.39 is 10.0 Å². The van der Waals surface area contributed by atoms with Crippen LogP contribution in [0, 0.1) is 5.92 Å². The molecule has 2 rings (SSSR count). The van der Waals surface area contributed by atoms with Crippen molar-refractivity contribution in [3.63, 3.8) is 0 Å². The van der Waals surface area contributed by atoms with Gasteiger partial charge in [-0.2, -0.15) is 11.8 Å². The smallest absolute Gasteiger partial charge is 0.240 e. The van der Waals surface area contributed by atoms with Crippen LogP contribution in [0.3, 0.4) is 0 Å². The summed E-state index contributed by atoms with van der Waals surface area (Å²) in [5, 5.41) is 0. The normalized spacial score (nSPS) is 17.2. The van der Waals surface area contributed by atoms with Crippen LogP contribution in [-0.4, -0.2) is 26.5 Å². The summed E-state index contributed by atoms with van der Waals surface area (Å²) in [7, 11) is -3.46. The second kappa shape index (κ2) is 6.83. The number of nitrogen functional groups attached to an aromatic ring is 1. The lowest BCUT2D eigenvalue weighted by molar-refractivity contribution is 0.476. The molecule has 1 heterocycles. The van der Waals surface area contributed by atoms with E-state index >= 15 is 0 Å². The van der Waals surface area contributed by atoms with E-state index in [0.717, 1.165) is 29.9 Å². The number of aryl methyl sites for hydroxylation is 1.